The van der Waals surface area contributed by atoms with Crippen LogP contribution in [0.5, 0.6) is 0 Å². The molecule has 3 aromatic rings. The van der Waals surface area contributed by atoms with Crippen molar-refractivity contribution in [3.63, 3.8) is 0 Å². The second-order valence-electron chi connectivity index (χ2n) is 7.12. The van der Waals surface area contributed by atoms with E-state index in [4.69, 9.17) is 0 Å². The first-order valence-electron chi connectivity index (χ1n) is 9.02. The number of hydrogen-bond donors (Lipinski definition) is 1. The van der Waals surface area contributed by atoms with Crippen LogP contribution in [0.2, 0.25) is 0 Å². The van der Waals surface area contributed by atoms with Gasteiger partial charge in [0.15, 0.2) is 5.78 Å². The predicted octanol–water partition coefficient (Wildman–Crippen LogP) is 2.96. The molecule has 0 amide bonds. The minimum absolute atomic E-state index is 0.0967. The maximum Gasteiger partial charge on any atom is 0.240 e. The Balaban J connectivity index is 1.86. The molecule has 3 rings (SSSR count). The van der Waals surface area contributed by atoms with Gasteiger partial charge >= 0.3 is 0 Å². The summed E-state index contributed by atoms with van der Waals surface area (Å²) >= 11 is 0. The summed E-state index contributed by atoms with van der Waals surface area (Å²) in [5, 5.41) is 1.11. The number of nitrogens with one attached hydrogen (secondary N) is 1. The van der Waals surface area contributed by atoms with E-state index in [0.717, 1.165) is 16.5 Å². The molecule has 0 aliphatic carbocycles. The SMILES string of the molecule is CC(=O)c1ccc(S(=O)(=O)NCC(c2cn(C)c3ccccc23)N(C)C)cc1. The first kappa shape index (κ1) is 20.3. The number of sulfonamides is 1. The molecule has 1 unspecified atom stereocenters. The van der Waals surface area contributed by atoms with Crippen molar-refractivity contribution >= 4 is 26.7 Å². The fourth-order valence-corrected chi connectivity index (χ4v) is 4.39. The Kier molecular flexibility index (Phi) is 5.69. The molecule has 2 aromatic carbocycles. The zero-order valence-corrected chi connectivity index (χ0v) is 17.3. The average Bonchev–Trinajstić information content (AvgIpc) is 2.98. The molecule has 7 heteroatoms. The summed E-state index contributed by atoms with van der Waals surface area (Å²) in [5.41, 5.74) is 2.66. The topological polar surface area (TPSA) is 71.4 Å². The van der Waals surface area contributed by atoms with Crippen molar-refractivity contribution in [1.82, 2.24) is 14.2 Å². The highest BCUT2D eigenvalue weighted by Crippen LogP contribution is 2.28. The molecule has 28 heavy (non-hydrogen) atoms. The van der Waals surface area contributed by atoms with Gasteiger partial charge in [-0.25, -0.2) is 13.1 Å². The van der Waals surface area contributed by atoms with Crippen molar-refractivity contribution in [2.75, 3.05) is 20.6 Å². The molecule has 1 N–H and O–H groups in total. The molecular formula is C21H25N3O3S. The maximum atomic E-state index is 12.7. The van der Waals surface area contributed by atoms with Crippen LogP contribution in [0.25, 0.3) is 10.9 Å². The van der Waals surface area contributed by atoms with Crippen LogP contribution in [-0.4, -0.2) is 44.3 Å². The molecule has 0 saturated heterocycles. The lowest BCUT2D eigenvalue weighted by molar-refractivity contribution is 0.101. The van der Waals surface area contributed by atoms with E-state index in [2.05, 4.69) is 15.4 Å². The summed E-state index contributed by atoms with van der Waals surface area (Å²) in [4.78, 5) is 13.5. The van der Waals surface area contributed by atoms with Crippen LogP contribution in [0.15, 0.2) is 59.6 Å². The second kappa shape index (κ2) is 7.87. The first-order valence-corrected chi connectivity index (χ1v) is 10.5. The average molecular weight is 400 g/mol. The van der Waals surface area contributed by atoms with Gasteiger partial charge in [0.05, 0.1) is 4.90 Å². The first-order chi connectivity index (χ1) is 13.2. The van der Waals surface area contributed by atoms with Crippen LogP contribution in [0, 0.1) is 0 Å². The summed E-state index contributed by atoms with van der Waals surface area (Å²) in [6.45, 7) is 1.69. The Morgan fingerprint density at radius 3 is 2.36 bits per heavy atom. The van der Waals surface area contributed by atoms with Crippen molar-refractivity contribution in [3.05, 3.63) is 65.9 Å². The molecule has 0 fully saturated rings. The van der Waals surface area contributed by atoms with E-state index >= 15 is 0 Å². The maximum absolute atomic E-state index is 12.7. The zero-order chi connectivity index (χ0) is 20.5. The minimum atomic E-state index is -3.68. The number of ketones is 1. The Labute approximate surface area is 165 Å². The van der Waals surface area contributed by atoms with E-state index in [1.165, 1.54) is 31.2 Å². The fraction of sp³-hybridized carbons (Fsp3) is 0.286. The van der Waals surface area contributed by atoms with Crippen molar-refractivity contribution in [2.45, 2.75) is 17.9 Å². The van der Waals surface area contributed by atoms with E-state index < -0.39 is 10.0 Å². The predicted molar refractivity (Wildman–Crippen MR) is 111 cm³/mol. The van der Waals surface area contributed by atoms with E-state index in [-0.39, 0.29) is 23.3 Å². The Morgan fingerprint density at radius 1 is 1.11 bits per heavy atom. The molecule has 1 atom stereocenters. The number of rotatable bonds is 7. The molecule has 0 radical (unpaired) electrons. The van der Waals surface area contributed by atoms with Gasteiger partial charge < -0.3 is 9.47 Å². The number of hydrogen-bond acceptors (Lipinski definition) is 4. The molecule has 0 saturated carbocycles. The lowest BCUT2D eigenvalue weighted by atomic mass is 10.1. The molecule has 0 bridgehead atoms. The van der Waals surface area contributed by atoms with Gasteiger partial charge in [-0.1, -0.05) is 30.3 Å². The number of para-hydroxylation sites is 1. The van der Waals surface area contributed by atoms with Crippen LogP contribution in [0.3, 0.4) is 0 Å². The van der Waals surface area contributed by atoms with Gasteiger partial charge in [-0.15, -0.1) is 0 Å². The standard InChI is InChI=1S/C21H25N3O3S/c1-15(25)16-9-11-17(12-10-16)28(26,27)22-13-21(23(2)3)19-14-24(4)20-8-6-5-7-18(19)20/h5-12,14,21-22H,13H2,1-4H3. The highest BCUT2D eigenvalue weighted by atomic mass is 32.2. The summed E-state index contributed by atoms with van der Waals surface area (Å²) < 4.78 is 30.2. The highest BCUT2D eigenvalue weighted by molar-refractivity contribution is 7.89. The molecule has 0 spiro atoms. The quantitative estimate of drug-likeness (QED) is 0.620. The van der Waals surface area contributed by atoms with Crippen molar-refractivity contribution < 1.29 is 13.2 Å². The molecule has 0 aliphatic heterocycles. The van der Waals surface area contributed by atoms with Crippen molar-refractivity contribution in [2.24, 2.45) is 7.05 Å². The van der Waals surface area contributed by atoms with E-state index in [9.17, 15) is 13.2 Å². The lowest BCUT2D eigenvalue weighted by Gasteiger charge is -2.24. The van der Waals surface area contributed by atoms with Crippen LogP contribution in [0.1, 0.15) is 28.9 Å². The third kappa shape index (κ3) is 4.01. The second-order valence-corrected chi connectivity index (χ2v) is 8.89. The molecule has 1 heterocycles. The molecule has 148 valence electrons. The number of carbonyl (C=O) groups excluding carboxylic acids is 1. The minimum Gasteiger partial charge on any atom is -0.350 e. The normalized spacial score (nSPS) is 13.2. The van der Waals surface area contributed by atoms with Crippen LogP contribution < -0.4 is 4.72 Å². The van der Waals surface area contributed by atoms with E-state index in [0.29, 0.717) is 5.56 Å². The number of benzene rings is 2. The largest absolute Gasteiger partial charge is 0.350 e. The zero-order valence-electron chi connectivity index (χ0n) is 16.5. The fourth-order valence-electron chi connectivity index (χ4n) is 3.35. The van der Waals surface area contributed by atoms with E-state index in [1.54, 1.807) is 0 Å². The number of Topliss-reactive ketones (excluding diaryl/α,β-unsaturated/α-hetero) is 1. The van der Waals surface area contributed by atoms with Gasteiger partial charge in [0.2, 0.25) is 10.0 Å². The van der Waals surface area contributed by atoms with Crippen molar-refractivity contribution in [3.8, 4) is 0 Å². The third-order valence-corrected chi connectivity index (χ3v) is 6.39. The number of aromatic nitrogens is 1. The van der Waals surface area contributed by atoms with E-state index in [1.807, 2.05) is 50.4 Å². The highest BCUT2D eigenvalue weighted by Gasteiger charge is 2.22. The summed E-state index contributed by atoms with van der Waals surface area (Å²) in [6.07, 6.45) is 2.05. The van der Waals surface area contributed by atoms with Gasteiger partial charge in [-0.3, -0.25) is 4.79 Å². The summed E-state index contributed by atoms with van der Waals surface area (Å²) in [5.74, 6) is -0.0967. The van der Waals surface area contributed by atoms with Gasteiger partial charge in [0.25, 0.3) is 0 Å². The van der Waals surface area contributed by atoms with Gasteiger partial charge in [0.1, 0.15) is 0 Å². The van der Waals surface area contributed by atoms with Crippen LogP contribution in [-0.2, 0) is 17.1 Å². The number of fused-ring (bicyclic) bond motifs is 1. The van der Waals surface area contributed by atoms with Gasteiger partial charge in [-0.2, -0.15) is 0 Å². The number of likely N-dealkylation sites (N-methyl/N-ethyl adjacent to an activating group) is 1. The Bertz CT molecular complexity index is 1100. The molecular weight excluding hydrogens is 374 g/mol. The number of nitrogens with zero attached hydrogens (tertiary/aromatic N) is 2. The molecule has 0 aliphatic rings. The van der Waals surface area contributed by atoms with Gasteiger partial charge in [-0.05, 0) is 44.8 Å². The monoisotopic (exact) mass is 399 g/mol. The number of aryl methyl sites for hydroxylation is 1. The molecule has 6 nitrogen and oxygen atoms in total. The summed E-state index contributed by atoms with van der Waals surface area (Å²) in [7, 11) is 2.17. The Hall–Kier alpha value is -2.48. The molecule has 1 aromatic heterocycles. The Morgan fingerprint density at radius 2 is 1.75 bits per heavy atom. The van der Waals surface area contributed by atoms with Crippen LogP contribution >= 0.6 is 0 Å². The number of carbonyl (C=O) groups is 1. The van der Waals surface area contributed by atoms with Crippen LogP contribution in [0.4, 0.5) is 0 Å². The van der Waals surface area contributed by atoms with Crippen molar-refractivity contribution in [1.29, 1.82) is 0 Å². The third-order valence-electron chi connectivity index (χ3n) is 4.95. The van der Waals surface area contributed by atoms with Gasteiger partial charge in [0, 0.05) is 42.3 Å². The smallest absolute Gasteiger partial charge is 0.240 e. The lowest BCUT2D eigenvalue weighted by Crippen LogP contribution is -2.34. The summed E-state index contributed by atoms with van der Waals surface area (Å²) in [6, 6.07) is 13.9.